The van der Waals surface area contributed by atoms with Crippen molar-refractivity contribution < 1.29 is 8.78 Å². The molecular formula is C6H5F2NS. The van der Waals surface area contributed by atoms with Gasteiger partial charge in [0.2, 0.25) is 0 Å². The van der Waals surface area contributed by atoms with Gasteiger partial charge < -0.3 is 5.73 Å². The lowest BCUT2D eigenvalue weighted by atomic mass is 10.3. The Kier molecular flexibility index (Phi) is 1.80. The van der Waals surface area contributed by atoms with Crippen molar-refractivity contribution in [3.05, 3.63) is 23.8 Å². The predicted molar refractivity (Wildman–Crippen MR) is 38.0 cm³/mol. The van der Waals surface area contributed by atoms with Crippen LogP contribution in [0.3, 0.4) is 0 Å². The molecule has 0 aromatic heterocycles. The van der Waals surface area contributed by atoms with Crippen LogP contribution in [0, 0.1) is 11.6 Å². The van der Waals surface area contributed by atoms with E-state index in [1.165, 1.54) is 0 Å². The summed E-state index contributed by atoms with van der Waals surface area (Å²) in [5, 5.41) is 0. The van der Waals surface area contributed by atoms with Crippen LogP contribution in [0.1, 0.15) is 0 Å². The van der Waals surface area contributed by atoms with Gasteiger partial charge in [0.1, 0.15) is 11.6 Å². The highest BCUT2D eigenvalue weighted by atomic mass is 32.1. The number of thiol groups is 1. The summed E-state index contributed by atoms with van der Waals surface area (Å²) in [5.41, 5.74) is 5.18. The molecule has 0 saturated carbocycles. The van der Waals surface area contributed by atoms with Crippen LogP contribution in [-0.2, 0) is 0 Å². The number of hydrogen-bond acceptors (Lipinski definition) is 2. The van der Waals surface area contributed by atoms with Crippen molar-refractivity contribution >= 4 is 18.3 Å². The van der Waals surface area contributed by atoms with Crippen LogP contribution in [0.15, 0.2) is 17.0 Å². The van der Waals surface area contributed by atoms with E-state index in [1.807, 2.05) is 0 Å². The van der Waals surface area contributed by atoms with Gasteiger partial charge in [-0.05, 0) is 6.07 Å². The molecule has 4 heteroatoms. The van der Waals surface area contributed by atoms with Gasteiger partial charge in [0, 0.05) is 6.07 Å². The highest BCUT2D eigenvalue weighted by Crippen LogP contribution is 2.20. The molecule has 0 aliphatic rings. The van der Waals surface area contributed by atoms with E-state index in [9.17, 15) is 8.78 Å². The first-order valence-electron chi connectivity index (χ1n) is 2.54. The smallest absolute Gasteiger partial charge is 0.141 e. The van der Waals surface area contributed by atoms with Crippen LogP contribution >= 0.6 is 12.6 Å². The van der Waals surface area contributed by atoms with Crippen LogP contribution < -0.4 is 5.73 Å². The van der Waals surface area contributed by atoms with Gasteiger partial charge in [0.25, 0.3) is 0 Å². The van der Waals surface area contributed by atoms with Gasteiger partial charge in [-0.2, -0.15) is 0 Å². The van der Waals surface area contributed by atoms with Crippen molar-refractivity contribution in [3.8, 4) is 0 Å². The molecule has 54 valence electrons. The fourth-order valence-electron chi connectivity index (χ4n) is 0.586. The minimum Gasteiger partial charge on any atom is -0.398 e. The molecule has 1 aromatic rings. The van der Waals surface area contributed by atoms with Gasteiger partial charge >= 0.3 is 0 Å². The van der Waals surface area contributed by atoms with Crippen LogP contribution in [0.4, 0.5) is 14.5 Å². The minimum absolute atomic E-state index is 0.0126. The summed E-state index contributed by atoms with van der Waals surface area (Å²) < 4.78 is 24.7. The molecule has 0 spiro atoms. The number of nitrogen functional groups attached to an aromatic ring is 1. The minimum atomic E-state index is -0.735. The van der Waals surface area contributed by atoms with Crippen LogP contribution in [0.25, 0.3) is 0 Å². The summed E-state index contributed by atoms with van der Waals surface area (Å²) in [7, 11) is 0. The molecule has 0 bridgehead atoms. The molecule has 0 aliphatic carbocycles. The van der Waals surface area contributed by atoms with Crippen LogP contribution in [0.5, 0.6) is 0 Å². The Bertz CT molecular complexity index is 239. The van der Waals surface area contributed by atoms with Crippen molar-refractivity contribution in [1.29, 1.82) is 0 Å². The first-order chi connectivity index (χ1) is 4.61. The van der Waals surface area contributed by atoms with E-state index in [0.717, 1.165) is 12.1 Å². The van der Waals surface area contributed by atoms with Crippen molar-refractivity contribution in [2.24, 2.45) is 0 Å². The van der Waals surface area contributed by atoms with Gasteiger partial charge in [0.15, 0.2) is 0 Å². The molecule has 1 rings (SSSR count). The van der Waals surface area contributed by atoms with E-state index >= 15 is 0 Å². The van der Waals surface area contributed by atoms with Crippen LogP contribution in [-0.4, -0.2) is 0 Å². The quantitative estimate of drug-likeness (QED) is 0.440. The van der Waals surface area contributed by atoms with E-state index in [-0.39, 0.29) is 10.6 Å². The second-order valence-electron chi connectivity index (χ2n) is 1.83. The van der Waals surface area contributed by atoms with Crippen LogP contribution in [0.2, 0.25) is 0 Å². The largest absolute Gasteiger partial charge is 0.398 e. The number of hydrogen-bond donors (Lipinski definition) is 2. The maximum atomic E-state index is 12.4. The lowest BCUT2D eigenvalue weighted by Crippen LogP contribution is -1.91. The van der Waals surface area contributed by atoms with E-state index in [0.29, 0.717) is 0 Å². The number of halogens is 2. The Morgan fingerprint density at radius 3 is 2.40 bits per heavy atom. The van der Waals surface area contributed by atoms with Crippen molar-refractivity contribution in [2.45, 2.75) is 4.90 Å². The Hall–Kier alpha value is -0.770. The molecule has 0 unspecified atom stereocenters. The molecule has 0 saturated heterocycles. The van der Waals surface area contributed by atoms with E-state index in [2.05, 4.69) is 12.6 Å². The second-order valence-corrected chi connectivity index (χ2v) is 2.27. The van der Waals surface area contributed by atoms with Gasteiger partial charge in [-0.3, -0.25) is 0 Å². The van der Waals surface area contributed by atoms with E-state index in [4.69, 9.17) is 5.73 Å². The predicted octanol–water partition coefficient (Wildman–Crippen LogP) is 1.84. The molecule has 0 fully saturated rings. The molecule has 0 heterocycles. The highest BCUT2D eigenvalue weighted by molar-refractivity contribution is 7.80. The molecule has 1 nitrogen and oxygen atoms in total. The van der Waals surface area contributed by atoms with Gasteiger partial charge in [-0.25, -0.2) is 8.78 Å². The Balaban J connectivity index is 3.31. The molecule has 1 aromatic carbocycles. The number of nitrogens with two attached hydrogens (primary N) is 1. The summed E-state index contributed by atoms with van der Waals surface area (Å²) >= 11 is 3.69. The average Bonchev–Trinajstić information content (AvgIpc) is 1.82. The van der Waals surface area contributed by atoms with Gasteiger partial charge in [-0.1, -0.05) is 0 Å². The third-order valence-electron chi connectivity index (χ3n) is 1.06. The second kappa shape index (κ2) is 2.46. The fraction of sp³-hybridized carbons (Fsp3) is 0. The maximum Gasteiger partial charge on any atom is 0.141 e. The molecule has 0 radical (unpaired) electrons. The monoisotopic (exact) mass is 161 g/mol. The zero-order valence-electron chi connectivity index (χ0n) is 4.94. The Morgan fingerprint density at radius 2 is 1.90 bits per heavy atom. The molecule has 10 heavy (non-hydrogen) atoms. The standard InChI is InChI=1S/C6H5F2NS/c7-3-1-4(8)6(10)5(9)2-3/h1-2,10H,9H2. The van der Waals surface area contributed by atoms with E-state index < -0.39 is 11.6 Å². The number of benzene rings is 1. The maximum absolute atomic E-state index is 12.4. The lowest BCUT2D eigenvalue weighted by molar-refractivity contribution is 0.568. The van der Waals surface area contributed by atoms with Crippen molar-refractivity contribution in [2.75, 3.05) is 5.73 Å². The molecular weight excluding hydrogens is 156 g/mol. The zero-order chi connectivity index (χ0) is 7.72. The highest BCUT2D eigenvalue weighted by Gasteiger charge is 2.03. The molecule has 0 atom stereocenters. The SMILES string of the molecule is Nc1cc(F)cc(F)c1S. The summed E-state index contributed by atoms with van der Waals surface area (Å²) in [4.78, 5) is -0.0126. The topological polar surface area (TPSA) is 26.0 Å². The normalized spacial score (nSPS) is 9.90. The third kappa shape index (κ3) is 1.21. The first kappa shape index (κ1) is 7.34. The summed E-state index contributed by atoms with van der Waals surface area (Å²) in [6, 6.07) is 1.75. The lowest BCUT2D eigenvalue weighted by Gasteiger charge is -1.98. The number of rotatable bonds is 0. The summed E-state index contributed by atoms with van der Waals surface area (Å²) in [6.45, 7) is 0. The average molecular weight is 161 g/mol. The zero-order valence-corrected chi connectivity index (χ0v) is 5.83. The fourth-order valence-corrected chi connectivity index (χ4v) is 0.715. The van der Waals surface area contributed by atoms with Crippen molar-refractivity contribution in [3.63, 3.8) is 0 Å². The molecule has 0 amide bonds. The van der Waals surface area contributed by atoms with Gasteiger partial charge in [0.05, 0.1) is 10.6 Å². The number of anilines is 1. The van der Waals surface area contributed by atoms with Gasteiger partial charge in [-0.15, -0.1) is 12.6 Å². The first-order valence-corrected chi connectivity index (χ1v) is 2.99. The molecule has 0 aliphatic heterocycles. The summed E-state index contributed by atoms with van der Waals surface area (Å²) in [5.74, 6) is -1.42. The summed E-state index contributed by atoms with van der Waals surface area (Å²) in [6.07, 6.45) is 0. The Labute approximate surface area is 62.3 Å². The van der Waals surface area contributed by atoms with E-state index in [1.54, 1.807) is 0 Å². The Morgan fingerprint density at radius 1 is 1.30 bits per heavy atom. The van der Waals surface area contributed by atoms with Crippen molar-refractivity contribution in [1.82, 2.24) is 0 Å². The molecule has 2 N–H and O–H groups in total. The third-order valence-corrected chi connectivity index (χ3v) is 1.53.